The average molecular weight is 422 g/mol. The third-order valence-corrected chi connectivity index (χ3v) is 6.06. The highest BCUT2D eigenvalue weighted by Crippen LogP contribution is 2.35. The Morgan fingerprint density at radius 1 is 1.13 bits per heavy atom. The maximum atomic E-state index is 12.9. The van der Waals surface area contributed by atoms with Crippen LogP contribution in [0.4, 0.5) is 0 Å². The van der Waals surface area contributed by atoms with Gasteiger partial charge in [-0.25, -0.2) is 0 Å². The van der Waals surface area contributed by atoms with Crippen LogP contribution >= 0.6 is 0 Å². The van der Waals surface area contributed by atoms with Gasteiger partial charge in [0.05, 0.1) is 20.3 Å². The van der Waals surface area contributed by atoms with E-state index in [1.54, 1.807) is 7.11 Å². The second-order valence-electron chi connectivity index (χ2n) is 8.05. The molecule has 164 valence electrons. The van der Waals surface area contributed by atoms with E-state index in [9.17, 15) is 4.79 Å². The number of aromatic nitrogens is 1. The highest BCUT2D eigenvalue weighted by atomic mass is 16.5. The van der Waals surface area contributed by atoms with Crippen molar-refractivity contribution >= 4 is 16.8 Å². The number of rotatable bonds is 8. The summed E-state index contributed by atoms with van der Waals surface area (Å²) >= 11 is 0. The average Bonchev–Trinajstić information content (AvgIpc) is 3.15. The third kappa shape index (κ3) is 5.09. The molecule has 6 nitrogen and oxygen atoms in total. The highest BCUT2D eigenvalue weighted by molar-refractivity contribution is 5.86. The lowest BCUT2D eigenvalue weighted by Gasteiger charge is -2.26. The van der Waals surface area contributed by atoms with Crippen LogP contribution in [0.15, 0.2) is 54.7 Å². The molecule has 1 amide bonds. The maximum absolute atomic E-state index is 12.9. The lowest BCUT2D eigenvalue weighted by Crippen LogP contribution is -2.41. The first kappa shape index (κ1) is 21.4. The van der Waals surface area contributed by atoms with Crippen molar-refractivity contribution in [1.82, 2.24) is 14.8 Å². The van der Waals surface area contributed by atoms with E-state index in [1.807, 2.05) is 18.2 Å². The zero-order valence-corrected chi connectivity index (χ0v) is 18.3. The van der Waals surface area contributed by atoms with Crippen LogP contribution in [0.3, 0.4) is 0 Å². The van der Waals surface area contributed by atoms with E-state index < -0.39 is 0 Å². The van der Waals surface area contributed by atoms with Crippen molar-refractivity contribution in [3.63, 3.8) is 0 Å². The molecule has 1 atom stereocenters. The number of para-hydroxylation sites is 1. The molecule has 1 aliphatic rings. The van der Waals surface area contributed by atoms with Gasteiger partial charge in [-0.15, -0.1) is 0 Å². The molecule has 1 unspecified atom stereocenters. The predicted octanol–water partition coefficient (Wildman–Crippen LogP) is 3.16. The number of nitrogens with zero attached hydrogens (tertiary/aromatic N) is 2. The lowest BCUT2D eigenvalue weighted by atomic mass is 9.88. The molecule has 2 heterocycles. The monoisotopic (exact) mass is 421 g/mol. The quantitative estimate of drug-likeness (QED) is 0.607. The number of carbonyl (C=O) groups excluding carboxylic acids is 1. The number of methoxy groups -OCH3 is 1. The summed E-state index contributed by atoms with van der Waals surface area (Å²) in [4.78, 5) is 15.3. The van der Waals surface area contributed by atoms with E-state index in [-0.39, 0.29) is 11.8 Å². The second-order valence-corrected chi connectivity index (χ2v) is 8.05. The molecule has 3 aromatic rings. The smallest absolute Gasteiger partial charge is 0.220 e. The molecule has 1 N–H and O–H groups in total. The van der Waals surface area contributed by atoms with Gasteiger partial charge in [0, 0.05) is 62.7 Å². The van der Waals surface area contributed by atoms with Crippen molar-refractivity contribution in [2.75, 3.05) is 46.5 Å². The Bertz CT molecular complexity index is 1010. The molecule has 4 rings (SSSR count). The molecule has 1 aromatic heterocycles. The lowest BCUT2D eigenvalue weighted by molar-refractivity contribution is -0.121. The zero-order valence-electron chi connectivity index (χ0n) is 18.3. The largest absolute Gasteiger partial charge is 0.497 e. The highest BCUT2D eigenvalue weighted by Gasteiger charge is 2.22. The number of nitrogens with one attached hydrogen (secondary N) is 1. The molecule has 6 heteroatoms. The zero-order chi connectivity index (χ0) is 21.6. The van der Waals surface area contributed by atoms with Crippen molar-refractivity contribution in [3.05, 3.63) is 65.9 Å². The first-order valence-corrected chi connectivity index (χ1v) is 10.9. The van der Waals surface area contributed by atoms with E-state index in [1.165, 1.54) is 16.5 Å². The Hall–Kier alpha value is -2.83. The van der Waals surface area contributed by atoms with E-state index in [4.69, 9.17) is 9.47 Å². The number of benzene rings is 2. The fraction of sp³-hybridized carbons (Fsp3) is 0.400. The SMILES string of the molecule is COc1ccc(C(CC(=O)NCCN2CCOCC2)c2cn(C)c3ccccc23)cc1. The number of ether oxygens (including phenoxy) is 2. The first-order valence-electron chi connectivity index (χ1n) is 10.9. The molecule has 1 fully saturated rings. The Labute approximate surface area is 183 Å². The Balaban J connectivity index is 1.52. The molecular weight excluding hydrogens is 390 g/mol. The van der Waals surface area contributed by atoms with Gasteiger partial charge >= 0.3 is 0 Å². The molecule has 2 aromatic carbocycles. The van der Waals surface area contributed by atoms with Gasteiger partial charge in [-0.3, -0.25) is 9.69 Å². The van der Waals surface area contributed by atoms with Crippen molar-refractivity contribution < 1.29 is 14.3 Å². The standard InChI is InChI=1S/C25H31N3O3/c1-27-18-23(21-5-3-4-6-24(21)27)22(19-7-9-20(30-2)10-8-19)17-25(29)26-11-12-28-13-15-31-16-14-28/h3-10,18,22H,11-17H2,1-2H3,(H,26,29). The minimum Gasteiger partial charge on any atom is -0.497 e. The van der Waals surface area contributed by atoms with Gasteiger partial charge in [-0.2, -0.15) is 0 Å². The number of fused-ring (bicyclic) bond motifs is 1. The van der Waals surface area contributed by atoms with E-state index in [0.717, 1.165) is 44.2 Å². The van der Waals surface area contributed by atoms with Gasteiger partial charge in [0.1, 0.15) is 5.75 Å². The minimum absolute atomic E-state index is 0.0274. The predicted molar refractivity (Wildman–Crippen MR) is 123 cm³/mol. The van der Waals surface area contributed by atoms with Crippen LogP contribution in [0.1, 0.15) is 23.5 Å². The summed E-state index contributed by atoms with van der Waals surface area (Å²) < 4.78 is 12.9. The molecular formula is C25H31N3O3. The first-order chi connectivity index (χ1) is 15.2. The van der Waals surface area contributed by atoms with Gasteiger partial charge in [0.2, 0.25) is 5.91 Å². The van der Waals surface area contributed by atoms with Crippen LogP contribution in [0.25, 0.3) is 10.9 Å². The van der Waals surface area contributed by atoms with Crippen molar-refractivity contribution in [2.24, 2.45) is 7.05 Å². The number of aryl methyl sites for hydroxylation is 1. The van der Waals surface area contributed by atoms with Crippen LogP contribution in [-0.2, 0) is 16.6 Å². The number of hydrogen-bond donors (Lipinski definition) is 1. The Morgan fingerprint density at radius 3 is 2.61 bits per heavy atom. The van der Waals surface area contributed by atoms with Gasteiger partial charge in [0.25, 0.3) is 0 Å². The van der Waals surface area contributed by atoms with Crippen molar-refractivity contribution in [1.29, 1.82) is 0 Å². The number of carbonyl (C=O) groups is 1. The summed E-state index contributed by atoms with van der Waals surface area (Å²) in [6.07, 6.45) is 2.56. The Morgan fingerprint density at radius 2 is 1.87 bits per heavy atom. The number of morpholine rings is 1. The van der Waals surface area contributed by atoms with Crippen LogP contribution in [0, 0.1) is 0 Å². The third-order valence-electron chi connectivity index (χ3n) is 6.06. The van der Waals surface area contributed by atoms with Gasteiger partial charge in [-0.1, -0.05) is 30.3 Å². The molecule has 1 aliphatic heterocycles. The fourth-order valence-electron chi connectivity index (χ4n) is 4.33. The summed E-state index contributed by atoms with van der Waals surface area (Å²) in [5, 5.41) is 4.31. The second kappa shape index (κ2) is 9.98. The topological polar surface area (TPSA) is 55.7 Å². The Kier molecular flexibility index (Phi) is 6.89. The normalized spacial score (nSPS) is 15.7. The summed E-state index contributed by atoms with van der Waals surface area (Å²) in [5.41, 5.74) is 3.45. The maximum Gasteiger partial charge on any atom is 0.220 e. The van der Waals surface area contributed by atoms with Gasteiger partial charge < -0.3 is 19.4 Å². The van der Waals surface area contributed by atoms with Crippen LogP contribution in [-0.4, -0.2) is 61.9 Å². The fourth-order valence-corrected chi connectivity index (χ4v) is 4.33. The molecule has 1 saturated heterocycles. The van der Waals surface area contributed by atoms with Crippen LogP contribution < -0.4 is 10.1 Å². The van der Waals surface area contributed by atoms with Gasteiger partial charge in [-0.05, 0) is 29.3 Å². The summed E-state index contributed by atoms with van der Waals surface area (Å²) in [7, 11) is 3.72. The summed E-state index contributed by atoms with van der Waals surface area (Å²) in [6, 6.07) is 16.4. The summed E-state index contributed by atoms with van der Waals surface area (Å²) in [6.45, 7) is 4.92. The van der Waals surface area contributed by atoms with Gasteiger partial charge in [0.15, 0.2) is 0 Å². The van der Waals surface area contributed by atoms with Crippen LogP contribution in [0.5, 0.6) is 5.75 Å². The van der Waals surface area contributed by atoms with E-state index >= 15 is 0 Å². The minimum atomic E-state index is -0.0274. The van der Waals surface area contributed by atoms with Crippen molar-refractivity contribution in [3.8, 4) is 5.75 Å². The molecule has 0 bridgehead atoms. The van der Waals surface area contributed by atoms with Crippen LogP contribution in [0.2, 0.25) is 0 Å². The molecule has 0 saturated carbocycles. The number of amides is 1. The van der Waals surface area contributed by atoms with E-state index in [2.05, 4.69) is 58.4 Å². The molecule has 31 heavy (non-hydrogen) atoms. The molecule has 0 aliphatic carbocycles. The number of hydrogen-bond acceptors (Lipinski definition) is 4. The molecule has 0 spiro atoms. The molecule has 0 radical (unpaired) electrons. The van der Waals surface area contributed by atoms with Crippen molar-refractivity contribution in [2.45, 2.75) is 12.3 Å². The van der Waals surface area contributed by atoms with E-state index in [0.29, 0.717) is 13.0 Å². The summed E-state index contributed by atoms with van der Waals surface area (Å²) in [5.74, 6) is 0.859.